The Labute approximate surface area is 188 Å². The van der Waals surface area contributed by atoms with Crippen molar-refractivity contribution in [3.05, 3.63) is 82.4 Å². The van der Waals surface area contributed by atoms with Gasteiger partial charge in [-0.2, -0.15) is 10.4 Å². The van der Waals surface area contributed by atoms with Gasteiger partial charge in [0.15, 0.2) is 12.3 Å². The van der Waals surface area contributed by atoms with Crippen LogP contribution in [0, 0.1) is 31.0 Å². The van der Waals surface area contributed by atoms with Crippen molar-refractivity contribution in [3.8, 4) is 6.07 Å². The van der Waals surface area contributed by atoms with E-state index in [1.54, 1.807) is 47.9 Å². The number of nitrogens with one attached hydrogen (secondary N) is 2. The lowest BCUT2D eigenvalue weighted by molar-refractivity contribution is -0.119. The highest BCUT2D eigenvalue weighted by Gasteiger charge is 2.21. The molecular formula is C24H20FN5O3. The van der Waals surface area contributed by atoms with Gasteiger partial charge in [-0.05, 0) is 43.2 Å². The van der Waals surface area contributed by atoms with Crippen LogP contribution in [0.25, 0.3) is 10.9 Å². The zero-order valence-corrected chi connectivity index (χ0v) is 18.0. The SMILES string of the molecule is Cc1c(C#N)c(NC(=O)COC(=O)c2n[nH]c3ccccc23)n(Cc2ccc(F)cc2)c1C. The van der Waals surface area contributed by atoms with Crippen LogP contribution in [-0.4, -0.2) is 33.2 Å². The molecule has 2 N–H and O–H groups in total. The quantitative estimate of drug-likeness (QED) is 0.438. The number of hydrogen-bond donors (Lipinski definition) is 2. The number of carbonyl (C=O) groups excluding carboxylic acids is 2. The van der Waals surface area contributed by atoms with E-state index in [9.17, 15) is 19.2 Å². The molecule has 4 aromatic rings. The van der Waals surface area contributed by atoms with Crippen LogP contribution in [0.3, 0.4) is 0 Å². The Kier molecular flexibility index (Phi) is 5.91. The first kappa shape index (κ1) is 21.8. The molecule has 0 atom stereocenters. The Morgan fingerprint density at radius 2 is 1.91 bits per heavy atom. The molecule has 0 spiro atoms. The molecular weight excluding hydrogens is 425 g/mol. The van der Waals surface area contributed by atoms with Gasteiger partial charge in [0, 0.05) is 17.6 Å². The fourth-order valence-electron chi connectivity index (χ4n) is 3.59. The molecule has 0 saturated heterocycles. The van der Waals surface area contributed by atoms with E-state index in [-0.39, 0.29) is 11.5 Å². The molecule has 0 aliphatic carbocycles. The van der Waals surface area contributed by atoms with Crippen molar-refractivity contribution in [2.75, 3.05) is 11.9 Å². The first-order chi connectivity index (χ1) is 15.9. The van der Waals surface area contributed by atoms with Crippen LogP contribution >= 0.6 is 0 Å². The lowest BCUT2D eigenvalue weighted by Gasteiger charge is -2.13. The largest absolute Gasteiger partial charge is 0.451 e. The minimum absolute atomic E-state index is 0.0856. The molecule has 2 heterocycles. The molecule has 0 unspecified atom stereocenters. The standard InChI is InChI=1S/C24H20FN5O3/c1-14-15(2)30(12-16-7-9-17(25)10-8-16)23(19(14)11-26)27-21(31)13-33-24(32)22-18-5-3-4-6-20(18)28-29-22/h3-10H,12-13H2,1-2H3,(H,27,31)(H,28,29). The fourth-order valence-corrected chi connectivity index (χ4v) is 3.59. The lowest BCUT2D eigenvalue weighted by Crippen LogP contribution is -2.23. The Morgan fingerprint density at radius 3 is 2.64 bits per heavy atom. The summed E-state index contributed by atoms with van der Waals surface area (Å²) in [6.07, 6.45) is 0. The van der Waals surface area contributed by atoms with Crippen LogP contribution in [0.15, 0.2) is 48.5 Å². The van der Waals surface area contributed by atoms with Crippen LogP contribution in [0.2, 0.25) is 0 Å². The number of halogens is 1. The first-order valence-electron chi connectivity index (χ1n) is 10.1. The smallest absolute Gasteiger partial charge is 0.359 e. The van der Waals surface area contributed by atoms with Crippen molar-refractivity contribution in [1.82, 2.24) is 14.8 Å². The maximum atomic E-state index is 13.3. The van der Waals surface area contributed by atoms with Crippen LogP contribution in [0.4, 0.5) is 10.2 Å². The summed E-state index contributed by atoms with van der Waals surface area (Å²) >= 11 is 0. The number of ether oxygens (including phenoxy) is 1. The molecule has 166 valence electrons. The van der Waals surface area contributed by atoms with Crippen LogP contribution in [0.1, 0.15) is 32.9 Å². The average molecular weight is 445 g/mol. The van der Waals surface area contributed by atoms with Crippen LogP contribution < -0.4 is 5.32 Å². The number of aromatic amines is 1. The van der Waals surface area contributed by atoms with Crippen LogP contribution in [-0.2, 0) is 16.1 Å². The van der Waals surface area contributed by atoms with Crippen molar-refractivity contribution in [2.24, 2.45) is 0 Å². The monoisotopic (exact) mass is 445 g/mol. The number of fused-ring (bicyclic) bond motifs is 1. The van der Waals surface area contributed by atoms with E-state index < -0.39 is 18.5 Å². The van der Waals surface area contributed by atoms with E-state index >= 15 is 0 Å². The number of hydrogen-bond acceptors (Lipinski definition) is 5. The summed E-state index contributed by atoms with van der Waals surface area (Å²) < 4.78 is 20.2. The Balaban J connectivity index is 1.51. The van der Waals surface area contributed by atoms with Crippen molar-refractivity contribution in [2.45, 2.75) is 20.4 Å². The number of benzene rings is 2. The van der Waals surface area contributed by atoms with Crippen molar-refractivity contribution in [3.63, 3.8) is 0 Å². The maximum absolute atomic E-state index is 13.3. The summed E-state index contributed by atoms with van der Waals surface area (Å²) in [5, 5.41) is 19.6. The van der Waals surface area contributed by atoms with Crippen molar-refractivity contribution < 1.29 is 18.7 Å². The molecule has 2 aromatic carbocycles. The average Bonchev–Trinajstić information content (AvgIpc) is 3.34. The second kappa shape index (κ2) is 8.96. The predicted octanol–water partition coefficient (Wildman–Crippen LogP) is 3.84. The fraction of sp³-hybridized carbons (Fsp3) is 0.167. The molecule has 2 aromatic heterocycles. The third kappa shape index (κ3) is 4.32. The number of para-hydroxylation sites is 1. The summed E-state index contributed by atoms with van der Waals surface area (Å²) in [6.45, 7) is 3.39. The van der Waals surface area contributed by atoms with E-state index in [2.05, 4.69) is 21.6 Å². The van der Waals surface area contributed by atoms with Gasteiger partial charge < -0.3 is 14.6 Å². The van der Waals surface area contributed by atoms with Gasteiger partial charge in [0.05, 0.1) is 11.1 Å². The predicted molar refractivity (Wildman–Crippen MR) is 119 cm³/mol. The zero-order chi connectivity index (χ0) is 23.5. The Morgan fingerprint density at radius 1 is 1.18 bits per heavy atom. The zero-order valence-electron chi connectivity index (χ0n) is 18.0. The third-order valence-electron chi connectivity index (χ3n) is 5.45. The molecule has 4 rings (SSSR count). The van der Waals surface area contributed by atoms with E-state index in [0.717, 1.165) is 16.8 Å². The molecule has 0 aliphatic rings. The first-order valence-corrected chi connectivity index (χ1v) is 10.1. The molecule has 33 heavy (non-hydrogen) atoms. The van der Waals surface area contributed by atoms with Gasteiger partial charge in [-0.15, -0.1) is 0 Å². The number of nitrogens with zero attached hydrogens (tertiary/aromatic N) is 3. The number of rotatable bonds is 6. The minimum atomic E-state index is -0.739. The second-order valence-electron chi connectivity index (χ2n) is 7.50. The molecule has 0 aliphatic heterocycles. The van der Waals surface area contributed by atoms with Crippen LogP contribution in [0.5, 0.6) is 0 Å². The van der Waals surface area contributed by atoms with E-state index in [1.165, 1.54) is 12.1 Å². The number of amides is 1. The van der Waals surface area contributed by atoms with Gasteiger partial charge in [0.1, 0.15) is 17.7 Å². The molecule has 8 nitrogen and oxygen atoms in total. The van der Waals surface area contributed by atoms with E-state index in [4.69, 9.17) is 4.74 Å². The van der Waals surface area contributed by atoms with Gasteiger partial charge in [0.25, 0.3) is 5.91 Å². The number of aromatic nitrogens is 3. The second-order valence-corrected chi connectivity index (χ2v) is 7.50. The van der Waals surface area contributed by atoms with Gasteiger partial charge in [-0.25, -0.2) is 9.18 Å². The summed E-state index contributed by atoms with van der Waals surface area (Å²) in [7, 11) is 0. The van der Waals surface area contributed by atoms with Gasteiger partial charge >= 0.3 is 5.97 Å². The number of esters is 1. The Hall–Kier alpha value is -4.45. The summed E-state index contributed by atoms with van der Waals surface area (Å²) in [4.78, 5) is 25.0. The number of carbonyl (C=O) groups is 2. The normalized spacial score (nSPS) is 10.7. The minimum Gasteiger partial charge on any atom is -0.451 e. The van der Waals surface area contributed by atoms with Gasteiger partial charge in [-0.1, -0.05) is 30.3 Å². The third-order valence-corrected chi connectivity index (χ3v) is 5.45. The maximum Gasteiger partial charge on any atom is 0.359 e. The van der Waals surface area contributed by atoms with Gasteiger partial charge in [-0.3, -0.25) is 9.89 Å². The molecule has 0 saturated carbocycles. The highest BCUT2D eigenvalue weighted by Crippen LogP contribution is 2.27. The summed E-state index contributed by atoms with van der Waals surface area (Å²) in [5.74, 6) is -1.39. The number of H-pyrrole nitrogens is 1. The molecule has 0 fully saturated rings. The highest BCUT2D eigenvalue weighted by atomic mass is 19.1. The molecule has 1 amide bonds. The number of nitriles is 1. The Bertz CT molecular complexity index is 1400. The molecule has 0 bridgehead atoms. The number of anilines is 1. The van der Waals surface area contributed by atoms with E-state index in [0.29, 0.717) is 28.8 Å². The van der Waals surface area contributed by atoms with Gasteiger partial charge in [0.2, 0.25) is 0 Å². The molecule has 0 radical (unpaired) electrons. The van der Waals surface area contributed by atoms with Crippen molar-refractivity contribution >= 4 is 28.6 Å². The highest BCUT2D eigenvalue weighted by molar-refractivity contribution is 6.03. The molecule has 9 heteroatoms. The lowest BCUT2D eigenvalue weighted by atomic mass is 10.2. The van der Waals surface area contributed by atoms with Crippen molar-refractivity contribution in [1.29, 1.82) is 5.26 Å². The van der Waals surface area contributed by atoms with E-state index in [1.807, 2.05) is 6.92 Å². The summed E-state index contributed by atoms with van der Waals surface area (Å²) in [6, 6.07) is 15.2. The summed E-state index contributed by atoms with van der Waals surface area (Å²) in [5.41, 5.74) is 3.37. The topological polar surface area (TPSA) is 113 Å².